The molecule has 0 unspecified atom stereocenters. The molecule has 0 saturated carbocycles. The molecule has 0 aliphatic carbocycles. The van der Waals surface area contributed by atoms with Gasteiger partial charge in [0.05, 0.1) is 23.7 Å². The molecule has 1 aliphatic heterocycles. The number of benzene rings is 2. The molecule has 0 amide bonds. The third-order valence-electron chi connectivity index (χ3n) is 5.30. The van der Waals surface area contributed by atoms with Gasteiger partial charge < -0.3 is 18.8 Å². The average molecular weight is 428 g/mol. The van der Waals surface area contributed by atoms with Crippen molar-refractivity contribution in [2.24, 2.45) is 0 Å². The molecule has 0 N–H and O–H groups in total. The van der Waals surface area contributed by atoms with Crippen LogP contribution in [0.3, 0.4) is 0 Å². The number of rotatable bonds is 7. The molecule has 30 heavy (non-hydrogen) atoms. The van der Waals surface area contributed by atoms with Crippen LogP contribution < -0.4 is 20.0 Å². The average Bonchev–Trinajstić information content (AvgIpc) is 2.75. The first-order chi connectivity index (χ1) is 14.6. The van der Waals surface area contributed by atoms with Gasteiger partial charge in [-0.1, -0.05) is 44.4 Å². The molecule has 6 heteroatoms. The van der Waals surface area contributed by atoms with Gasteiger partial charge in [-0.15, -0.1) is 0 Å². The number of unbranched alkanes of at least 4 members (excludes halogenated alkanes) is 1. The van der Waals surface area contributed by atoms with Gasteiger partial charge in [-0.3, -0.25) is 0 Å². The number of ether oxygens (including phenoxy) is 2. The number of halogens is 1. The second-order valence-electron chi connectivity index (χ2n) is 7.55. The lowest BCUT2D eigenvalue weighted by Crippen LogP contribution is -2.32. The third kappa shape index (κ3) is 4.12. The van der Waals surface area contributed by atoms with Crippen molar-refractivity contribution < 1.29 is 13.9 Å². The molecule has 3 aromatic rings. The van der Waals surface area contributed by atoms with Crippen LogP contribution in [0.1, 0.15) is 44.2 Å². The second-order valence-corrected chi connectivity index (χ2v) is 7.96. The Morgan fingerprint density at radius 2 is 2.03 bits per heavy atom. The van der Waals surface area contributed by atoms with Gasteiger partial charge in [-0.25, -0.2) is 4.79 Å². The summed E-state index contributed by atoms with van der Waals surface area (Å²) in [5.74, 6) is 1.42. The molecular formula is C24H26ClNO4. The molecule has 0 radical (unpaired) electrons. The van der Waals surface area contributed by atoms with E-state index in [9.17, 15) is 4.79 Å². The SMILES string of the molecule is CCCCOc1cccc(N2COc3c(Cl)cc4c(CCC)cc(=O)oc4c3C2)c1. The van der Waals surface area contributed by atoms with E-state index in [2.05, 4.69) is 18.7 Å². The Balaban J connectivity index is 1.71. The molecule has 0 atom stereocenters. The van der Waals surface area contributed by atoms with E-state index in [-0.39, 0.29) is 5.63 Å². The lowest BCUT2D eigenvalue weighted by molar-refractivity contribution is 0.288. The molecule has 0 fully saturated rings. The van der Waals surface area contributed by atoms with Crippen molar-refractivity contribution in [2.75, 3.05) is 18.2 Å². The number of hydrogen-bond donors (Lipinski definition) is 0. The van der Waals surface area contributed by atoms with Gasteiger partial charge in [0.25, 0.3) is 0 Å². The second kappa shape index (κ2) is 9.00. The maximum absolute atomic E-state index is 12.2. The monoisotopic (exact) mass is 427 g/mol. The van der Waals surface area contributed by atoms with Crippen LogP contribution >= 0.6 is 11.6 Å². The molecule has 5 nitrogen and oxygen atoms in total. The van der Waals surface area contributed by atoms with E-state index in [4.69, 9.17) is 25.5 Å². The minimum absolute atomic E-state index is 0.348. The van der Waals surface area contributed by atoms with Gasteiger partial charge in [-0.05, 0) is 36.6 Å². The van der Waals surface area contributed by atoms with Gasteiger partial charge in [-0.2, -0.15) is 0 Å². The summed E-state index contributed by atoms with van der Waals surface area (Å²) in [5, 5.41) is 1.42. The summed E-state index contributed by atoms with van der Waals surface area (Å²) < 4.78 is 17.5. The van der Waals surface area contributed by atoms with E-state index >= 15 is 0 Å². The van der Waals surface area contributed by atoms with Gasteiger partial charge in [0.1, 0.15) is 17.1 Å². The predicted octanol–water partition coefficient (Wildman–Crippen LogP) is 5.93. The van der Waals surface area contributed by atoms with Crippen molar-refractivity contribution in [3.8, 4) is 11.5 Å². The lowest BCUT2D eigenvalue weighted by atomic mass is 10.0. The minimum Gasteiger partial charge on any atom is -0.494 e. The standard InChI is InChI=1S/C24H26ClNO4/c1-3-5-10-28-18-9-6-8-17(12-18)26-14-20-23-19(13-21(25)24(20)29-15-26)16(7-4-2)11-22(27)30-23/h6,8-9,11-13H,3-5,7,10,14-15H2,1-2H3. The fraction of sp³-hybridized carbons (Fsp3) is 0.375. The van der Waals surface area contributed by atoms with Gasteiger partial charge in [0, 0.05) is 23.2 Å². The van der Waals surface area contributed by atoms with Crippen LogP contribution in [0, 0.1) is 0 Å². The first-order valence-corrected chi connectivity index (χ1v) is 10.9. The highest BCUT2D eigenvalue weighted by Crippen LogP contribution is 2.40. The van der Waals surface area contributed by atoms with Crippen molar-refractivity contribution in [2.45, 2.75) is 46.1 Å². The molecular weight excluding hydrogens is 402 g/mol. The first kappa shape index (κ1) is 20.6. The van der Waals surface area contributed by atoms with Crippen molar-refractivity contribution in [1.29, 1.82) is 0 Å². The molecule has 1 aromatic heterocycles. The Morgan fingerprint density at radius 1 is 1.17 bits per heavy atom. The van der Waals surface area contributed by atoms with Crippen molar-refractivity contribution >= 4 is 28.3 Å². The molecule has 0 saturated heterocycles. The number of hydrogen-bond acceptors (Lipinski definition) is 5. The lowest BCUT2D eigenvalue weighted by Gasteiger charge is -2.31. The predicted molar refractivity (Wildman–Crippen MR) is 120 cm³/mol. The van der Waals surface area contributed by atoms with E-state index in [1.807, 2.05) is 30.3 Å². The number of aryl methyl sites for hydroxylation is 1. The molecule has 2 heterocycles. The van der Waals surface area contributed by atoms with Crippen LogP contribution in [0.2, 0.25) is 5.02 Å². The highest BCUT2D eigenvalue weighted by Gasteiger charge is 2.25. The molecule has 0 spiro atoms. The summed E-state index contributed by atoms with van der Waals surface area (Å²) in [6.07, 6.45) is 3.84. The van der Waals surface area contributed by atoms with Gasteiger partial charge in [0.2, 0.25) is 0 Å². The van der Waals surface area contributed by atoms with Crippen LogP contribution in [0.15, 0.2) is 45.6 Å². The van der Waals surface area contributed by atoms with Crippen LogP contribution in [0.5, 0.6) is 11.5 Å². The fourth-order valence-electron chi connectivity index (χ4n) is 3.80. The summed E-state index contributed by atoms with van der Waals surface area (Å²) in [6.45, 7) is 5.81. The normalized spacial score (nSPS) is 13.2. The zero-order valence-corrected chi connectivity index (χ0v) is 18.1. The summed E-state index contributed by atoms with van der Waals surface area (Å²) in [5.41, 5.74) is 2.95. The Morgan fingerprint density at radius 3 is 2.83 bits per heavy atom. The largest absolute Gasteiger partial charge is 0.494 e. The minimum atomic E-state index is -0.348. The molecule has 1 aliphatic rings. The number of fused-ring (bicyclic) bond motifs is 3. The van der Waals surface area contributed by atoms with E-state index in [1.54, 1.807) is 6.07 Å². The molecule has 2 aromatic carbocycles. The highest BCUT2D eigenvalue weighted by molar-refractivity contribution is 6.33. The van der Waals surface area contributed by atoms with E-state index in [0.717, 1.165) is 53.6 Å². The van der Waals surface area contributed by atoms with Crippen LogP contribution in [-0.2, 0) is 13.0 Å². The molecule has 0 bridgehead atoms. The van der Waals surface area contributed by atoms with E-state index in [0.29, 0.717) is 36.2 Å². The number of nitrogens with zero attached hydrogens (tertiary/aromatic N) is 1. The third-order valence-corrected chi connectivity index (χ3v) is 5.58. The zero-order valence-electron chi connectivity index (χ0n) is 17.4. The van der Waals surface area contributed by atoms with Crippen LogP contribution in [0.4, 0.5) is 5.69 Å². The van der Waals surface area contributed by atoms with Crippen molar-refractivity contribution in [3.05, 3.63) is 63.0 Å². The van der Waals surface area contributed by atoms with Crippen molar-refractivity contribution in [3.63, 3.8) is 0 Å². The Kier molecular flexibility index (Phi) is 6.18. The Bertz CT molecular complexity index is 1110. The van der Waals surface area contributed by atoms with E-state index in [1.165, 1.54) is 0 Å². The highest BCUT2D eigenvalue weighted by atomic mass is 35.5. The van der Waals surface area contributed by atoms with Gasteiger partial charge in [0.15, 0.2) is 6.73 Å². The van der Waals surface area contributed by atoms with E-state index < -0.39 is 0 Å². The topological polar surface area (TPSA) is 51.9 Å². The van der Waals surface area contributed by atoms with Crippen molar-refractivity contribution in [1.82, 2.24) is 0 Å². The maximum atomic E-state index is 12.2. The van der Waals surface area contributed by atoms with Crippen LogP contribution in [0.25, 0.3) is 11.0 Å². The summed E-state index contributed by atoms with van der Waals surface area (Å²) >= 11 is 6.54. The summed E-state index contributed by atoms with van der Waals surface area (Å²) in [7, 11) is 0. The molecule has 4 rings (SSSR count). The Hall–Kier alpha value is -2.66. The fourth-order valence-corrected chi connectivity index (χ4v) is 4.08. The summed E-state index contributed by atoms with van der Waals surface area (Å²) in [4.78, 5) is 14.3. The maximum Gasteiger partial charge on any atom is 0.336 e. The summed E-state index contributed by atoms with van der Waals surface area (Å²) in [6, 6.07) is 11.4. The smallest absolute Gasteiger partial charge is 0.336 e. The number of anilines is 1. The van der Waals surface area contributed by atoms with Crippen LogP contribution in [-0.4, -0.2) is 13.3 Å². The Labute approximate surface area is 181 Å². The molecule has 158 valence electrons. The first-order valence-electron chi connectivity index (χ1n) is 10.5. The quantitative estimate of drug-likeness (QED) is 0.345. The van der Waals surface area contributed by atoms with Gasteiger partial charge >= 0.3 is 5.63 Å². The zero-order chi connectivity index (χ0) is 21.1.